The number of anilines is 2. The molecule has 4 N–H and O–H groups in total. The zero-order valence-corrected chi connectivity index (χ0v) is 10.2. The quantitative estimate of drug-likeness (QED) is 0.877. The Labute approximate surface area is 108 Å². The highest BCUT2D eigenvalue weighted by Crippen LogP contribution is 2.31. The van der Waals surface area contributed by atoms with Gasteiger partial charge in [0, 0.05) is 17.2 Å². The second kappa shape index (κ2) is 4.69. The van der Waals surface area contributed by atoms with Crippen molar-refractivity contribution in [1.29, 1.82) is 0 Å². The lowest BCUT2D eigenvalue weighted by atomic mass is 10.3. The van der Waals surface area contributed by atoms with Crippen molar-refractivity contribution in [2.75, 3.05) is 11.5 Å². The van der Waals surface area contributed by atoms with Gasteiger partial charge in [0.1, 0.15) is 5.75 Å². The number of nitrogen functional groups attached to an aromatic ring is 2. The van der Waals surface area contributed by atoms with E-state index in [4.69, 9.17) is 39.4 Å². The van der Waals surface area contributed by atoms with E-state index in [-0.39, 0.29) is 5.82 Å². The van der Waals surface area contributed by atoms with Crippen molar-refractivity contribution in [2.24, 2.45) is 0 Å². The molecule has 0 fully saturated rings. The molecule has 0 aliphatic carbocycles. The molecule has 0 aliphatic heterocycles. The van der Waals surface area contributed by atoms with Gasteiger partial charge in [-0.15, -0.1) is 0 Å². The molecule has 2 rings (SSSR count). The van der Waals surface area contributed by atoms with Crippen LogP contribution in [-0.4, -0.2) is 4.98 Å². The Morgan fingerprint density at radius 1 is 1.06 bits per heavy atom. The molecule has 17 heavy (non-hydrogen) atoms. The highest BCUT2D eigenvalue weighted by molar-refractivity contribution is 6.34. The summed E-state index contributed by atoms with van der Waals surface area (Å²) in [6, 6.07) is 8.11. The first kappa shape index (κ1) is 11.8. The van der Waals surface area contributed by atoms with Crippen molar-refractivity contribution in [3.05, 3.63) is 40.4 Å². The summed E-state index contributed by atoms with van der Waals surface area (Å²) >= 11 is 11.8. The van der Waals surface area contributed by atoms with Crippen molar-refractivity contribution in [3.8, 4) is 11.6 Å². The number of pyridine rings is 1. The summed E-state index contributed by atoms with van der Waals surface area (Å²) < 4.78 is 5.46. The molecule has 1 heterocycles. The van der Waals surface area contributed by atoms with Crippen LogP contribution in [-0.2, 0) is 0 Å². The normalized spacial score (nSPS) is 10.2. The summed E-state index contributed by atoms with van der Waals surface area (Å²) in [5.74, 6) is 0.928. The number of benzene rings is 1. The fourth-order valence-electron chi connectivity index (χ4n) is 1.19. The molecule has 2 aromatic rings. The highest BCUT2D eigenvalue weighted by Gasteiger charge is 2.06. The van der Waals surface area contributed by atoms with E-state index in [0.717, 1.165) is 0 Å². The number of hydrogen-bond donors (Lipinski definition) is 2. The number of rotatable bonds is 2. The molecule has 0 aliphatic rings. The molecular weight excluding hydrogens is 261 g/mol. The van der Waals surface area contributed by atoms with Gasteiger partial charge in [-0.2, -0.15) is 4.98 Å². The van der Waals surface area contributed by atoms with E-state index in [9.17, 15) is 0 Å². The molecule has 0 atom stereocenters. The van der Waals surface area contributed by atoms with Gasteiger partial charge in [0.25, 0.3) is 0 Å². The van der Waals surface area contributed by atoms with Gasteiger partial charge in [0.05, 0.1) is 10.7 Å². The number of halogens is 2. The van der Waals surface area contributed by atoms with Crippen LogP contribution in [0.5, 0.6) is 11.6 Å². The predicted octanol–water partition coefficient (Wildman–Crippen LogP) is 3.35. The van der Waals surface area contributed by atoms with E-state index < -0.39 is 0 Å². The fraction of sp³-hybridized carbons (Fsp3) is 0. The Morgan fingerprint density at radius 3 is 2.53 bits per heavy atom. The standard InChI is InChI=1S/C11H9Cl2N3O/c12-6-1-2-7(13)9(5-6)17-10-4-3-8(14)11(15)16-10/h1-5H,14H2,(H2,15,16). The van der Waals surface area contributed by atoms with Gasteiger partial charge < -0.3 is 16.2 Å². The van der Waals surface area contributed by atoms with Crippen LogP contribution >= 0.6 is 23.2 Å². The molecule has 0 amide bonds. The van der Waals surface area contributed by atoms with Crippen LogP contribution in [0.4, 0.5) is 11.5 Å². The molecular formula is C11H9Cl2N3O. The smallest absolute Gasteiger partial charge is 0.221 e. The first-order valence-electron chi connectivity index (χ1n) is 4.71. The van der Waals surface area contributed by atoms with Crippen molar-refractivity contribution < 1.29 is 4.74 Å². The van der Waals surface area contributed by atoms with Gasteiger partial charge in [0.2, 0.25) is 5.88 Å². The second-order valence-electron chi connectivity index (χ2n) is 3.30. The van der Waals surface area contributed by atoms with Crippen LogP contribution < -0.4 is 16.2 Å². The van der Waals surface area contributed by atoms with Crippen molar-refractivity contribution in [1.82, 2.24) is 4.98 Å². The van der Waals surface area contributed by atoms with Crippen LogP contribution in [0.15, 0.2) is 30.3 Å². The third kappa shape index (κ3) is 2.72. The number of ether oxygens (including phenoxy) is 1. The number of nitrogens with two attached hydrogens (primary N) is 2. The molecule has 0 unspecified atom stereocenters. The molecule has 1 aromatic carbocycles. The van der Waals surface area contributed by atoms with E-state index in [0.29, 0.717) is 27.4 Å². The van der Waals surface area contributed by atoms with Crippen LogP contribution in [0.3, 0.4) is 0 Å². The lowest BCUT2D eigenvalue weighted by Crippen LogP contribution is -1.99. The SMILES string of the molecule is Nc1ccc(Oc2cc(Cl)ccc2Cl)nc1N. The van der Waals surface area contributed by atoms with E-state index in [1.54, 1.807) is 30.3 Å². The first-order chi connectivity index (χ1) is 8.06. The molecule has 1 aromatic heterocycles. The van der Waals surface area contributed by atoms with Crippen molar-refractivity contribution in [2.45, 2.75) is 0 Å². The summed E-state index contributed by atoms with van der Waals surface area (Å²) in [6.45, 7) is 0. The lowest BCUT2D eigenvalue weighted by Gasteiger charge is -2.08. The molecule has 0 saturated heterocycles. The zero-order chi connectivity index (χ0) is 12.4. The summed E-state index contributed by atoms with van der Waals surface area (Å²) in [7, 11) is 0. The monoisotopic (exact) mass is 269 g/mol. The van der Waals surface area contributed by atoms with Crippen LogP contribution in [0.2, 0.25) is 10.0 Å². The van der Waals surface area contributed by atoms with E-state index in [1.807, 2.05) is 0 Å². The lowest BCUT2D eigenvalue weighted by molar-refractivity contribution is 0.464. The van der Waals surface area contributed by atoms with Crippen molar-refractivity contribution in [3.63, 3.8) is 0 Å². The maximum absolute atomic E-state index is 5.95. The van der Waals surface area contributed by atoms with Crippen molar-refractivity contribution >= 4 is 34.7 Å². The van der Waals surface area contributed by atoms with Gasteiger partial charge in [0.15, 0.2) is 5.82 Å². The highest BCUT2D eigenvalue weighted by atomic mass is 35.5. The molecule has 6 heteroatoms. The average molecular weight is 270 g/mol. The summed E-state index contributed by atoms with van der Waals surface area (Å²) in [4.78, 5) is 3.97. The largest absolute Gasteiger partial charge is 0.437 e. The minimum Gasteiger partial charge on any atom is -0.437 e. The van der Waals surface area contributed by atoms with E-state index >= 15 is 0 Å². The minimum atomic E-state index is 0.209. The fourth-order valence-corrected chi connectivity index (χ4v) is 1.51. The summed E-state index contributed by atoms with van der Waals surface area (Å²) in [5.41, 5.74) is 11.5. The number of hydrogen-bond acceptors (Lipinski definition) is 4. The van der Waals surface area contributed by atoms with Crippen LogP contribution in [0, 0.1) is 0 Å². The van der Waals surface area contributed by atoms with E-state index in [1.165, 1.54) is 0 Å². The third-order valence-corrected chi connectivity index (χ3v) is 2.59. The summed E-state index contributed by atoms with van der Waals surface area (Å²) in [6.07, 6.45) is 0. The van der Waals surface area contributed by atoms with Gasteiger partial charge in [-0.3, -0.25) is 0 Å². The number of aromatic nitrogens is 1. The molecule has 0 saturated carbocycles. The van der Waals surface area contributed by atoms with Gasteiger partial charge >= 0.3 is 0 Å². The molecule has 0 bridgehead atoms. The Hall–Kier alpha value is -1.65. The summed E-state index contributed by atoms with van der Waals surface area (Å²) in [5, 5.41) is 0.958. The number of nitrogens with zero attached hydrogens (tertiary/aromatic N) is 1. The van der Waals surface area contributed by atoms with Crippen LogP contribution in [0.25, 0.3) is 0 Å². The molecule has 88 valence electrons. The first-order valence-corrected chi connectivity index (χ1v) is 5.47. The average Bonchev–Trinajstić information content (AvgIpc) is 2.29. The van der Waals surface area contributed by atoms with Gasteiger partial charge in [-0.25, -0.2) is 0 Å². The molecule has 0 radical (unpaired) electrons. The predicted molar refractivity (Wildman–Crippen MR) is 69.6 cm³/mol. The Kier molecular flexibility index (Phi) is 3.26. The van der Waals surface area contributed by atoms with E-state index in [2.05, 4.69) is 4.98 Å². The minimum absolute atomic E-state index is 0.209. The Bertz CT molecular complexity index is 560. The van der Waals surface area contributed by atoms with Gasteiger partial charge in [-0.05, 0) is 18.2 Å². The molecule has 4 nitrogen and oxygen atoms in total. The zero-order valence-electron chi connectivity index (χ0n) is 8.65. The topological polar surface area (TPSA) is 74.2 Å². The van der Waals surface area contributed by atoms with Gasteiger partial charge in [-0.1, -0.05) is 23.2 Å². The Balaban J connectivity index is 2.31. The Morgan fingerprint density at radius 2 is 1.82 bits per heavy atom. The second-order valence-corrected chi connectivity index (χ2v) is 4.14. The maximum atomic E-state index is 5.95. The van der Waals surface area contributed by atoms with Crippen LogP contribution in [0.1, 0.15) is 0 Å². The maximum Gasteiger partial charge on any atom is 0.221 e. The molecule has 0 spiro atoms. The third-order valence-electron chi connectivity index (χ3n) is 2.04.